The third kappa shape index (κ3) is 8.27. The molecule has 0 aliphatic carbocycles. The smallest absolute Gasteiger partial charge is 0.162 e. The van der Waals surface area contributed by atoms with Crippen LogP contribution < -0.4 is 0 Å². The van der Waals surface area contributed by atoms with Gasteiger partial charge in [0.1, 0.15) is 0 Å². The molecule has 0 saturated carbocycles. The molecule has 0 amide bonds. The van der Waals surface area contributed by atoms with Gasteiger partial charge < -0.3 is 5.11 Å². The molecule has 1 aliphatic rings. The summed E-state index contributed by atoms with van der Waals surface area (Å²) in [5.41, 5.74) is 9.70. The van der Waals surface area contributed by atoms with Gasteiger partial charge in [0.05, 0.1) is 11.4 Å². The third-order valence-electron chi connectivity index (χ3n) is 8.00. The van der Waals surface area contributed by atoms with E-state index in [2.05, 4.69) is 77.1 Å². The number of hydrogen-bond donors (Lipinski definition) is 1. The topological polar surface area (TPSA) is 49.7 Å². The molecular formula is C37H48IrNO2-. The fourth-order valence-electron chi connectivity index (χ4n) is 5.81. The number of nitrogens with zero attached hydrogens (tertiary/aromatic N) is 1. The molecular weight excluding hydrogens is 683 g/mol. The molecule has 1 heterocycles. The number of aliphatic hydroxyl groups excluding tert-OH is 1. The molecule has 0 saturated heterocycles. The van der Waals surface area contributed by atoms with Crippen LogP contribution in [0.4, 0.5) is 5.69 Å². The first kappa shape index (κ1) is 34.6. The van der Waals surface area contributed by atoms with Crippen LogP contribution in [0.1, 0.15) is 101 Å². The number of aliphatic imine (C=N–C) groups is 1. The van der Waals surface area contributed by atoms with Crippen molar-refractivity contribution in [2.24, 2.45) is 22.7 Å². The SMILES string of the molecule is CCC(CC)C(=O)/C=C(\O)C(CC)CC.Cc1[c-]c(C2=Nc3c(C)cc(CC(C)C)c4cccc2c34)cc(C)c1.[Ir]. The van der Waals surface area contributed by atoms with Crippen LogP contribution in [0.25, 0.3) is 10.8 Å². The second-order valence-electron chi connectivity index (χ2n) is 11.7. The summed E-state index contributed by atoms with van der Waals surface area (Å²) >= 11 is 0. The molecule has 223 valence electrons. The summed E-state index contributed by atoms with van der Waals surface area (Å²) in [6, 6.07) is 16.8. The van der Waals surface area contributed by atoms with Gasteiger partial charge in [-0.05, 0) is 72.7 Å². The molecule has 0 unspecified atom stereocenters. The molecule has 1 aliphatic heterocycles. The Balaban J connectivity index is 0.000000320. The quantitative estimate of drug-likeness (QED) is 0.100. The molecule has 3 nitrogen and oxygen atoms in total. The van der Waals surface area contributed by atoms with E-state index in [1.54, 1.807) is 0 Å². The zero-order valence-corrected chi connectivity index (χ0v) is 28.8. The molecule has 1 radical (unpaired) electrons. The van der Waals surface area contributed by atoms with E-state index in [4.69, 9.17) is 4.99 Å². The molecule has 3 aromatic rings. The number of allylic oxidation sites excluding steroid dienone is 2. The van der Waals surface area contributed by atoms with Crippen molar-refractivity contribution in [2.45, 2.75) is 94.4 Å². The monoisotopic (exact) mass is 731 g/mol. The van der Waals surface area contributed by atoms with Crippen molar-refractivity contribution in [3.63, 3.8) is 0 Å². The first-order valence-electron chi connectivity index (χ1n) is 15.1. The zero-order valence-electron chi connectivity index (χ0n) is 26.4. The molecule has 3 aromatic carbocycles. The van der Waals surface area contributed by atoms with Crippen LogP contribution in [0.15, 0.2) is 53.2 Å². The van der Waals surface area contributed by atoms with E-state index in [-0.39, 0.29) is 43.5 Å². The summed E-state index contributed by atoms with van der Waals surface area (Å²) < 4.78 is 0. The van der Waals surface area contributed by atoms with Gasteiger partial charge in [-0.1, -0.05) is 79.7 Å². The summed E-state index contributed by atoms with van der Waals surface area (Å²) in [7, 11) is 0. The Hall–Kier alpha value is -2.55. The van der Waals surface area contributed by atoms with Crippen molar-refractivity contribution < 1.29 is 30.0 Å². The van der Waals surface area contributed by atoms with E-state index >= 15 is 0 Å². The second kappa shape index (κ2) is 15.6. The average molecular weight is 731 g/mol. The maximum absolute atomic E-state index is 11.7. The number of aryl methyl sites for hydroxylation is 3. The zero-order chi connectivity index (χ0) is 29.6. The van der Waals surface area contributed by atoms with E-state index < -0.39 is 0 Å². The van der Waals surface area contributed by atoms with E-state index in [0.29, 0.717) is 5.92 Å². The molecule has 0 fully saturated rings. The van der Waals surface area contributed by atoms with Gasteiger partial charge in [0.25, 0.3) is 0 Å². The number of rotatable bonds is 10. The summed E-state index contributed by atoms with van der Waals surface area (Å²) in [5, 5.41) is 12.4. The minimum Gasteiger partial charge on any atom is -0.512 e. The Morgan fingerprint density at radius 2 is 1.59 bits per heavy atom. The Morgan fingerprint density at radius 1 is 0.951 bits per heavy atom. The van der Waals surface area contributed by atoms with Gasteiger partial charge in [-0.25, -0.2) is 0 Å². The molecule has 4 rings (SSSR count). The number of benzene rings is 3. The Labute approximate surface area is 261 Å². The second-order valence-corrected chi connectivity index (χ2v) is 11.7. The van der Waals surface area contributed by atoms with Crippen molar-refractivity contribution in [1.29, 1.82) is 0 Å². The van der Waals surface area contributed by atoms with Gasteiger partial charge >= 0.3 is 0 Å². The molecule has 41 heavy (non-hydrogen) atoms. The number of aliphatic hydroxyl groups is 1. The minimum atomic E-state index is 0. The molecule has 4 heteroatoms. The fraction of sp³-hybridized carbons (Fsp3) is 0.459. The normalized spacial score (nSPS) is 12.5. The van der Waals surface area contributed by atoms with Crippen molar-refractivity contribution in [2.75, 3.05) is 0 Å². The Kier molecular flexibility index (Phi) is 13.2. The van der Waals surface area contributed by atoms with Crippen LogP contribution in [0.2, 0.25) is 0 Å². The standard InChI is InChI=1S/C24H24N.C13H24O2.Ir/c1-14(2)9-18-13-17(5)23-22-20(18)7-6-8-21(22)24(25-23)19-11-15(3)10-16(4)12-19;1-5-10(6-2)12(14)9-13(15)11(7-3)8-4;/h6-8,10-11,13-14H,9H2,1-5H3;9-11,14H,5-8H2,1-4H3;/q-1;;/b;12-9-;. The van der Waals surface area contributed by atoms with Crippen LogP contribution >= 0.6 is 0 Å². The van der Waals surface area contributed by atoms with Crippen LogP contribution in [0.5, 0.6) is 0 Å². The van der Waals surface area contributed by atoms with E-state index in [1.165, 1.54) is 39.1 Å². The first-order chi connectivity index (χ1) is 19.0. The van der Waals surface area contributed by atoms with Crippen molar-refractivity contribution in [3.8, 4) is 0 Å². The van der Waals surface area contributed by atoms with Crippen LogP contribution in [-0.4, -0.2) is 16.6 Å². The summed E-state index contributed by atoms with van der Waals surface area (Å²) in [6.07, 6.45) is 6.01. The predicted molar refractivity (Wildman–Crippen MR) is 171 cm³/mol. The number of carbonyl (C=O) groups excluding carboxylic acids is 1. The number of hydrogen-bond acceptors (Lipinski definition) is 3. The minimum absolute atomic E-state index is 0. The maximum atomic E-state index is 11.7. The first-order valence-corrected chi connectivity index (χ1v) is 15.1. The van der Waals surface area contributed by atoms with E-state index in [1.807, 2.05) is 27.7 Å². The van der Waals surface area contributed by atoms with E-state index in [0.717, 1.165) is 54.6 Å². The van der Waals surface area contributed by atoms with Crippen LogP contribution in [0, 0.1) is 44.6 Å². The van der Waals surface area contributed by atoms with Gasteiger partial charge in [0, 0.05) is 43.4 Å². The summed E-state index contributed by atoms with van der Waals surface area (Å²) in [5.74, 6) is 1.19. The fourth-order valence-corrected chi connectivity index (χ4v) is 5.81. The van der Waals surface area contributed by atoms with Gasteiger partial charge in [0.2, 0.25) is 0 Å². The number of ketones is 1. The largest absolute Gasteiger partial charge is 0.512 e. The summed E-state index contributed by atoms with van der Waals surface area (Å²) in [4.78, 5) is 16.8. The Bertz CT molecular complexity index is 1390. The molecule has 1 N–H and O–H groups in total. The molecule has 0 bridgehead atoms. The summed E-state index contributed by atoms with van der Waals surface area (Å²) in [6.45, 7) is 19.1. The predicted octanol–water partition coefficient (Wildman–Crippen LogP) is 10.1. The van der Waals surface area contributed by atoms with Crippen LogP contribution in [0.3, 0.4) is 0 Å². The Morgan fingerprint density at radius 3 is 2.15 bits per heavy atom. The number of carbonyl (C=O) groups is 1. The van der Waals surface area contributed by atoms with Gasteiger partial charge in [-0.3, -0.25) is 9.79 Å². The molecule has 0 spiro atoms. The maximum Gasteiger partial charge on any atom is 0.162 e. The third-order valence-corrected chi connectivity index (χ3v) is 8.00. The van der Waals surface area contributed by atoms with Gasteiger partial charge in [-0.2, -0.15) is 0 Å². The van der Waals surface area contributed by atoms with E-state index in [9.17, 15) is 9.90 Å². The van der Waals surface area contributed by atoms with Gasteiger partial charge in [-0.15, -0.1) is 34.9 Å². The van der Waals surface area contributed by atoms with Gasteiger partial charge in [0.15, 0.2) is 5.78 Å². The van der Waals surface area contributed by atoms with Crippen molar-refractivity contribution in [1.82, 2.24) is 0 Å². The average Bonchev–Trinajstić information content (AvgIpc) is 3.29. The van der Waals surface area contributed by atoms with Crippen molar-refractivity contribution in [3.05, 3.63) is 87.7 Å². The van der Waals surface area contributed by atoms with Crippen molar-refractivity contribution >= 4 is 28.0 Å². The van der Waals surface area contributed by atoms with Crippen LogP contribution in [-0.2, 0) is 31.3 Å². The molecule has 0 atom stereocenters. The molecule has 0 aromatic heterocycles.